The van der Waals surface area contributed by atoms with Gasteiger partial charge in [0.05, 0.1) is 19.8 Å². The van der Waals surface area contributed by atoms with Crippen molar-refractivity contribution in [2.24, 2.45) is 0 Å². The third kappa shape index (κ3) is 21.6. The van der Waals surface area contributed by atoms with Crippen molar-refractivity contribution in [1.82, 2.24) is 0 Å². The summed E-state index contributed by atoms with van der Waals surface area (Å²) in [4.78, 5) is 12.6. The molecule has 0 amide bonds. The van der Waals surface area contributed by atoms with E-state index < -0.39 is 43.4 Å². The van der Waals surface area contributed by atoms with Crippen LogP contribution in [0.2, 0.25) is 0 Å². The molecule has 0 saturated carbocycles. The van der Waals surface area contributed by atoms with E-state index in [-0.39, 0.29) is 19.2 Å². The number of aliphatic hydroxyl groups is 4. The summed E-state index contributed by atoms with van der Waals surface area (Å²) >= 11 is 0. The number of esters is 1. The Morgan fingerprint density at radius 1 is 0.622 bits per heavy atom. The van der Waals surface area contributed by atoms with Gasteiger partial charge in [-0.1, -0.05) is 142 Å². The van der Waals surface area contributed by atoms with Crippen molar-refractivity contribution in [2.75, 3.05) is 26.4 Å². The maximum Gasteiger partial charge on any atom is 0.306 e. The van der Waals surface area contributed by atoms with Gasteiger partial charge in [-0.05, 0) is 12.8 Å². The van der Waals surface area contributed by atoms with Crippen molar-refractivity contribution < 1.29 is 44.2 Å². The van der Waals surface area contributed by atoms with Gasteiger partial charge in [0.1, 0.15) is 30.5 Å². The quantitative estimate of drug-likeness (QED) is 0.0477. The van der Waals surface area contributed by atoms with E-state index >= 15 is 0 Å². The smallest absolute Gasteiger partial charge is 0.306 e. The molecule has 1 rings (SSSR count). The molecule has 0 aromatic heterocycles. The first-order valence-electron chi connectivity index (χ1n) is 18.6. The molecule has 0 aliphatic carbocycles. The van der Waals surface area contributed by atoms with Crippen molar-refractivity contribution in [3.63, 3.8) is 0 Å². The molecule has 1 fully saturated rings. The highest BCUT2D eigenvalue weighted by molar-refractivity contribution is 5.69. The van der Waals surface area contributed by atoms with E-state index in [1.807, 2.05) is 0 Å². The lowest BCUT2D eigenvalue weighted by Gasteiger charge is -2.39. The van der Waals surface area contributed by atoms with Crippen LogP contribution in [0.4, 0.5) is 0 Å². The van der Waals surface area contributed by atoms with Crippen LogP contribution in [-0.4, -0.2) is 89.6 Å². The highest BCUT2D eigenvalue weighted by Crippen LogP contribution is 2.22. The lowest BCUT2D eigenvalue weighted by Crippen LogP contribution is -2.59. The largest absolute Gasteiger partial charge is 0.457 e. The molecule has 1 heterocycles. The molecule has 9 nitrogen and oxygen atoms in total. The number of hydrogen-bond donors (Lipinski definition) is 4. The van der Waals surface area contributed by atoms with E-state index in [9.17, 15) is 25.2 Å². The van der Waals surface area contributed by atoms with Crippen molar-refractivity contribution in [2.45, 2.75) is 198 Å². The molecule has 0 bridgehead atoms. The molecule has 0 spiro atoms. The number of carbonyl (C=O) groups is 1. The molecule has 45 heavy (non-hydrogen) atoms. The van der Waals surface area contributed by atoms with Gasteiger partial charge in [0.15, 0.2) is 6.29 Å². The monoisotopic (exact) mass is 647 g/mol. The summed E-state index contributed by atoms with van der Waals surface area (Å²) in [5.74, 6) is -0.316. The highest BCUT2D eigenvalue weighted by atomic mass is 16.7. The third-order valence-corrected chi connectivity index (χ3v) is 8.77. The van der Waals surface area contributed by atoms with Gasteiger partial charge in [-0.2, -0.15) is 0 Å². The lowest BCUT2D eigenvalue weighted by atomic mass is 9.99. The minimum absolute atomic E-state index is 0.107. The minimum Gasteiger partial charge on any atom is -0.457 e. The highest BCUT2D eigenvalue weighted by Gasteiger charge is 2.44. The maximum absolute atomic E-state index is 12.6. The summed E-state index contributed by atoms with van der Waals surface area (Å²) in [7, 11) is 0. The van der Waals surface area contributed by atoms with Crippen molar-refractivity contribution in [3.8, 4) is 0 Å². The molecule has 1 aliphatic rings. The van der Waals surface area contributed by atoms with E-state index in [4.69, 9.17) is 18.9 Å². The number of ether oxygens (including phenoxy) is 4. The Bertz CT molecular complexity index is 662. The summed E-state index contributed by atoms with van der Waals surface area (Å²) in [6, 6.07) is 0. The average molecular weight is 647 g/mol. The normalized spacial score (nSPS) is 22.5. The van der Waals surface area contributed by atoms with Gasteiger partial charge in [0, 0.05) is 13.0 Å². The fraction of sp³-hybridized carbons (Fsp3) is 0.972. The first-order valence-corrected chi connectivity index (χ1v) is 18.6. The van der Waals surface area contributed by atoms with E-state index in [0.29, 0.717) is 13.0 Å². The van der Waals surface area contributed by atoms with Crippen LogP contribution in [0.15, 0.2) is 0 Å². The van der Waals surface area contributed by atoms with Crippen LogP contribution in [0, 0.1) is 0 Å². The topological polar surface area (TPSA) is 135 Å². The van der Waals surface area contributed by atoms with Crippen molar-refractivity contribution in [3.05, 3.63) is 0 Å². The van der Waals surface area contributed by atoms with E-state index in [0.717, 1.165) is 32.1 Å². The minimum atomic E-state index is -1.53. The van der Waals surface area contributed by atoms with E-state index in [2.05, 4.69) is 13.8 Å². The fourth-order valence-electron chi connectivity index (χ4n) is 5.78. The zero-order valence-corrected chi connectivity index (χ0v) is 28.9. The van der Waals surface area contributed by atoms with E-state index in [1.54, 1.807) is 0 Å². The number of unbranched alkanes of at least 4 members (excludes halogenated alkanes) is 20. The van der Waals surface area contributed by atoms with Gasteiger partial charge in [0.2, 0.25) is 0 Å². The number of aliphatic hydroxyl groups excluding tert-OH is 4. The fourth-order valence-corrected chi connectivity index (χ4v) is 5.78. The molecule has 6 atom stereocenters. The predicted octanol–water partition coefficient (Wildman–Crippen LogP) is 6.74. The molecular weight excluding hydrogens is 576 g/mol. The van der Waals surface area contributed by atoms with Crippen LogP contribution < -0.4 is 0 Å². The summed E-state index contributed by atoms with van der Waals surface area (Å²) in [5, 5.41) is 39.8. The molecule has 268 valence electrons. The van der Waals surface area contributed by atoms with Gasteiger partial charge in [-0.3, -0.25) is 4.79 Å². The first kappa shape index (κ1) is 42.2. The lowest BCUT2D eigenvalue weighted by molar-refractivity contribution is -0.305. The Labute approximate surface area is 274 Å². The Morgan fingerprint density at radius 3 is 1.58 bits per heavy atom. The van der Waals surface area contributed by atoms with Crippen LogP contribution in [0.3, 0.4) is 0 Å². The van der Waals surface area contributed by atoms with Crippen LogP contribution in [0.25, 0.3) is 0 Å². The molecule has 0 aromatic rings. The molecule has 0 radical (unpaired) electrons. The molecule has 1 saturated heterocycles. The van der Waals surface area contributed by atoms with Crippen LogP contribution >= 0.6 is 0 Å². The van der Waals surface area contributed by atoms with Crippen molar-refractivity contribution in [1.29, 1.82) is 0 Å². The molecule has 6 unspecified atom stereocenters. The molecule has 4 N–H and O–H groups in total. The summed E-state index contributed by atoms with van der Waals surface area (Å²) in [6.45, 7) is 4.54. The Hall–Kier alpha value is -0.810. The van der Waals surface area contributed by atoms with Crippen molar-refractivity contribution >= 4 is 5.97 Å². The third-order valence-electron chi connectivity index (χ3n) is 8.77. The average Bonchev–Trinajstić information content (AvgIpc) is 3.04. The Balaban J connectivity index is 2.30. The van der Waals surface area contributed by atoms with Crippen LogP contribution in [0.5, 0.6) is 0 Å². The second-order valence-electron chi connectivity index (χ2n) is 13.0. The summed E-state index contributed by atoms with van der Waals surface area (Å²) in [5.41, 5.74) is 0. The summed E-state index contributed by atoms with van der Waals surface area (Å²) < 4.78 is 22.6. The number of hydrogen-bond acceptors (Lipinski definition) is 9. The first-order chi connectivity index (χ1) is 21.9. The SMILES string of the molecule is CCCCCCCCCCCCCCCCOCC(COC1OC(CO)C(O)C(O)C1O)OC(=O)CCCCCCCCCC. The van der Waals surface area contributed by atoms with Gasteiger partial charge >= 0.3 is 5.97 Å². The second kappa shape index (κ2) is 29.3. The van der Waals surface area contributed by atoms with Gasteiger partial charge in [0.25, 0.3) is 0 Å². The molecule has 0 aromatic carbocycles. The second-order valence-corrected chi connectivity index (χ2v) is 13.0. The maximum atomic E-state index is 12.6. The van der Waals surface area contributed by atoms with Gasteiger partial charge < -0.3 is 39.4 Å². The predicted molar refractivity (Wildman–Crippen MR) is 178 cm³/mol. The Kier molecular flexibility index (Phi) is 27.5. The van der Waals surface area contributed by atoms with Crippen LogP contribution in [0.1, 0.15) is 162 Å². The molecule has 1 aliphatic heterocycles. The summed E-state index contributed by atoms with van der Waals surface area (Å²) in [6.07, 6.45) is 19.9. The zero-order chi connectivity index (χ0) is 33.0. The standard InChI is InChI=1S/C36H70O9/c1-3-5-7-9-11-13-14-15-16-17-18-20-22-24-26-42-28-30(44-32(38)25-23-21-19-12-10-8-6-4-2)29-43-36-35(41)34(40)33(39)31(27-37)45-36/h30-31,33-37,39-41H,3-29H2,1-2H3. The van der Waals surface area contributed by atoms with Gasteiger partial charge in [-0.15, -0.1) is 0 Å². The van der Waals surface area contributed by atoms with E-state index in [1.165, 1.54) is 109 Å². The number of rotatable bonds is 31. The van der Waals surface area contributed by atoms with Gasteiger partial charge in [-0.25, -0.2) is 0 Å². The molecule has 9 heteroatoms. The van der Waals surface area contributed by atoms with Crippen LogP contribution in [-0.2, 0) is 23.7 Å². The zero-order valence-electron chi connectivity index (χ0n) is 28.9. The number of carbonyl (C=O) groups excluding carboxylic acids is 1. The molecular formula is C36H70O9. The Morgan fingerprint density at radius 2 is 1.09 bits per heavy atom.